The van der Waals surface area contributed by atoms with Gasteiger partial charge < -0.3 is 25.0 Å². The Morgan fingerprint density at radius 2 is 2.10 bits per heavy atom. The summed E-state index contributed by atoms with van der Waals surface area (Å²) >= 11 is 0. The van der Waals surface area contributed by atoms with Crippen LogP contribution in [0.3, 0.4) is 0 Å². The Bertz CT molecular complexity index is 1030. The highest BCUT2D eigenvalue weighted by Crippen LogP contribution is 2.41. The fourth-order valence-corrected chi connectivity index (χ4v) is 2.83. The van der Waals surface area contributed by atoms with E-state index in [1.54, 1.807) is 0 Å². The first kappa shape index (κ1) is 21.4. The van der Waals surface area contributed by atoms with Crippen molar-refractivity contribution >= 4 is 17.7 Å². The van der Waals surface area contributed by atoms with E-state index in [1.807, 2.05) is 0 Å². The molecule has 1 aliphatic rings. The van der Waals surface area contributed by atoms with Crippen molar-refractivity contribution in [1.82, 2.24) is 14.5 Å². The van der Waals surface area contributed by atoms with Crippen LogP contribution < -0.4 is 11.0 Å². The third kappa shape index (κ3) is 3.77. The predicted octanol–water partition coefficient (Wildman–Crippen LogP) is -0.437. The fourth-order valence-electron chi connectivity index (χ4n) is 2.83. The van der Waals surface area contributed by atoms with Crippen molar-refractivity contribution in [2.75, 3.05) is 19.0 Å². The summed E-state index contributed by atoms with van der Waals surface area (Å²) in [7, 11) is 1.13. The quantitative estimate of drug-likeness (QED) is 0.540. The Kier molecular flexibility index (Phi) is 5.87. The minimum Gasteiger partial charge on any atom is -0.465 e. The summed E-state index contributed by atoms with van der Waals surface area (Å²) in [5, 5.41) is 20.8. The van der Waals surface area contributed by atoms with E-state index >= 15 is 0 Å². The van der Waals surface area contributed by atoms with Gasteiger partial charge >= 0.3 is 17.6 Å². The molecule has 160 valence electrons. The molecule has 3 atom stereocenters. The predicted molar refractivity (Wildman–Crippen MR) is 94.0 cm³/mol. The number of aliphatic hydroxyl groups is 2. The van der Waals surface area contributed by atoms with E-state index < -0.39 is 48.5 Å². The summed E-state index contributed by atoms with van der Waals surface area (Å²) in [5.74, 6) is -5.79. The van der Waals surface area contributed by atoms with Crippen molar-refractivity contribution < 1.29 is 38.1 Å². The normalized spacial score (nSPS) is 22.5. The van der Waals surface area contributed by atoms with Crippen LogP contribution in [0, 0.1) is 0 Å². The third-order valence-electron chi connectivity index (χ3n) is 4.35. The number of nitrogens with one attached hydrogen (secondary N) is 1. The SMILES string of the molecule is COC(=O)c1ccncc1C(=O)Nc1ccn([C@@H]2O[C@H](CO)[C@@H](O)C2(F)F)c(=O)n1. The molecule has 0 radical (unpaired) electrons. The van der Waals surface area contributed by atoms with Crippen molar-refractivity contribution in [2.45, 2.75) is 24.4 Å². The number of anilines is 1. The third-order valence-corrected chi connectivity index (χ3v) is 4.35. The van der Waals surface area contributed by atoms with E-state index in [4.69, 9.17) is 9.84 Å². The maximum atomic E-state index is 14.2. The van der Waals surface area contributed by atoms with Gasteiger partial charge in [0.25, 0.3) is 5.91 Å². The van der Waals surface area contributed by atoms with Crippen molar-refractivity contribution in [3.63, 3.8) is 0 Å². The van der Waals surface area contributed by atoms with Crippen molar-refractivity contribution in [3.05, 3.63) is 52.3 Å². The Balaban J connectivity index is 1.85. The van der Waals surface area contributed by atoms with Crippen LogP contribution in [0.15, 0.2) is 35.5 Å². The van der Waals surface area contributed by atoms with Gasteiger partial charge in [-0.05, 0) is 12.1 Å². The number of rotatable bonds is 5. The van der Waals surface area contributed by atoms with Crippen LogP contribution in [0.4, 0.5) is 14.6 Å². The largest absolute Gasteiger partial charge is 0.465 e. The lowest BCUT2D eigenvalue weighted by atomic mass is 10.1. The molecule has 2 aromatic rings. The number of hydrogen-bond donors (Lipinski definition) is 3. The number of aliphatic hydroxyl groups excluding tert-OH is 2. The zero-order valence-electron chi connectivity index (χ0n) is 15.4. The van der Waals surface area contributed by atoms with Gasteiger partial charge in [0.1, 0.15) is 11.9 Å². The molecule has 0 unspecified atom stereocenters. The summed E-state index contributed by atoms with van der Waals surface area (Å²) in [6, 6.07) is 2.31. The Morgan fingerprint density at radius 1 is 1.37 bits per heavy atom. The molecule has 11 nitrogen and oxygen atoms in total. The molecule has 1 fully saturated rings. The molecule has 1 amide bonds. The van der Waals surface area contributed by atoms with E-state index in [0.717, 1.165) is 25.6 Å². The standard InChI is InChI=1S/C17H16F2N4O7/c1-29-14(27)8-2-4-20-6-9(8)13(26)21-11-3-5-23(16(28)22-11)15-17(18,19)12(25)10(7-24)30-15/h2-6,10,12,15,24-25H,7H2,1H3,(H,21,22,26,28)/t10-,12-,15-/m1/s1. The van der Waals surface area contributed by atoms with Crippen LogP contribution in [-0.4, -0.2) is 68.5 Å². The first-order valence-corrected chi connectivity index (χ1v) is 8.45. The summed E-state index contributed by atoms with van der Waals surface area (Å²) in [6.07, 6.45) is -2.83. The molecular weight excluding hydrogens is 410 g/mol. The number of amides is 1. The molecule has 13 heteroatoms. The smallest absolute Gasteiger partial charge is 0.351 e. The van der Waals surface area contributed by atoms with Gasteiger partial charge in [-0.15, -0.1) is 0 Å². The topological polar surface area (TPSA) is 153 Å². The second-order valence-electron chi connectivity index (χ2n) is 6.20. The summed E-state index contributed by atoms with van der Waals surface area (Å²) in [4.78, 5) is 43.6. The minimum absolute atomic E-state index is 0.0821. The van der Waals surface area contributed by atoms with E-state index in [-0.39, 0.29) is 16.9 Å². The first-order chi connectivity index (χ1) is 14.2. The molecule has 3 rings (SSSR count). The molecule has 0 aromatic carbocycles. The summed E-state index contributed by atoms with van der Waals surface area (Å²) in [6.45, 7) is -0.878. The molecule has 0 bridgehead atoms. The van der Waals surface area contributed by atoms with Crippen LogP contribution in [0.5, 0.6) is 0 Å². The number of alkyl halides is 2. The van der Waals surface area contributed by atoms with Gasteiger partial charge in [-0.25, -0.2) is 9.59 Å². The van der Waals surface area contributed by atoms with Crippen LogP contribution >= 0.6 is 0 Å². The van der Waals surface area contributed by atoms with Crippen molar-refractivity contribution in [2.24, 2.45) is 0 Å². The van der Waals surface area contributed by atoms with E-state index in [9.17, 15) is 28.3 Å². The van der Waals surface area contributed by atoms with Crippen LogP contribution in [0.2, 0.25) is 0 Å². The highest BCUT2D eigenvalue weighted by Gasteiger charge is 2.59. The zero-order chi connectivity index (χ0) is 22.1. The monoisotopic (exact) mass is 426 g/mol. The maximum Gasteiger partial charge on any atom is 0.351 e. The number of methoxy groups -OCH3 is 1. The lowest BCUT2D eigenvalue weighted by Crippen LogP contribution is -2.41. The second kappa shape index (κ2) is 8.22. The van der Waals surface area contributed by atoms with Gasteiger partial charge in [-0.1, -0.05) is 0 Å². The minimum atomic E-state index is -3.87. The van der Waals surface area contributed by atoms with Crippen molar-refractivity contribution in [1.29, 1.82) is 0 Å². The number of pyridine rings is 1. The molecule has 3 N–H and O–H groups in total. The molecule has 3 heterocycles. The average molecular weight is 426 g/mol. The number of hydrogen-bond acceptors (Lipinski definition) is 9. The number of esters is 1. The van der Waals surface area contributed by atoms with E-state index in [2.05, 4.69) is 20.0 Å². The number of carbonyl (C=O) groups excluding carboxylic acids is 2. The Hall–Kier alpha value is -3.29. The van der Waals surface area contributed by atoms with Gasteiger partial charge in [0.05, 0.1) is 24.8 Å². The van der Waals surface area contributed by atoms with E-state index in [1.165, 1.54) is 12.3 Å². The number of halogens is 2. The lowest BCUT2D eigenvalue weighted by Gasteiger charge is -2.21. The zero-order valence-corrected chi connectivity index (χ0v) is 15.4. The molecular formula is C17H16F2N4O7. The first-order valence-electron chi connectivity index (χ1n) is 8.45. The van der Waals surface area contributed by atoms with Gasteiger partial charge in [0.2, 0.25) is 6.23 Å². The molecule has 0 saturated carbocycles. The fraction of sp³-hybridized carbons (Fsp3) is 0.353. The Labute approximate surface area is 166 Å². The molecule has 2 aromatic heterocycles. The van der Waals surface area contributed by atoms with E-state index in [0.29, 0.717) is 4.57 Å². The van der Waals surface area contributed by atoms with Crippen LogP contribution in [0.1, 0.15) is 26.9 Å². The van der Waals surface area contributed by atoms with Crippen LogP contribution in [0.25, 0.3) is 0 Å². The highest BCUT2D eigenvalue weighted by molar-refractivity contribution is 6.10. The number of aromatic nitrogens is 3. The second-order valence-corrected chi connectivity index (χ2v) is 6.20. The number of carbonyl (C=O) groups is 2. The molecule has 1 aliphatic heterocycles. The maximum absolute atomic E-state index is 14.2. The lowest BCUT2D eigenvalue weighted by molar-refractivity contribution is -0.140. The van der Waals surface area contributed by atoms with Gasteiger partial charge in [-0.2, -0.15) is 13.8 Å². The van der Waals surface area contributed by atoms with Gasteiger partial charge in [-0.3, -0.25) is 14.3 Å². The molecule has 30 heavy (non-hydrogen) atoms. The van der Waals surface area contributed by atoms with Crippen molar-refractivity contribution in [3.8, 4) is 0 Å². The highest BCUT2D eigenvalue weighted by atomic mass is 19.3. The Morgan fingerprint density at radius 3 is 2.70 bits per heavy atom. The molecule has 1 saturated heterocycles. The summed E-state index contributed by atoms with van der Waals surface area (Å²) in [5.41, 5.74) is -1.45. The number of nitrogens with zero attached hydrogens (tertiary/aromatic N) is 3. The summed E-state index contributed by atoms with van der Waals surface area (Å²) < 4.78 is 38.3. The van der Waals surface area contributed by atoms with Gasteiger partial charge in [0.15, 0.2) is 6.10 Å². The molecule has 0 spiro atoms. The number of ether oxygens (including phenoxy) is 2. The molecule has 0 aliphatic carbocycles. The van der Waals surface area contributed by atoms with Crippen LogP contribution in [-0.2, 0) is 9.47 Å². The average Bonchev–Trinajstić information content (AvgIpc) is 2.96. The van der Waals surface area contributed by atoms with Gasteiger partial charge in [0, 0.05) is 18.6 Å².